The molecule has 2 N–H and O–H groups in total. The van der Waals surface area contributed by atoms with Crippen LogP contribution in [0.4, 0.5) is 5.82 Å². The van der Waals surface area contributed by atoms with Crippen LogP contribution in [0.15, 0.2) is 42.5 Å². The average Bonchev–Trinajstić information content (AvgIpc) is 2.70. The Morgan fingerprint density at radius 2 is 1.65 bits per heavy atom. The number of hydrogen-bond donors (Lipinski definition) is 2. The minimum Gasteiger partial charge on any atom is -0.386 e. The lowest BCUT2D eigenvalue weighted by atomic mass is 9.95. The quantitative estimate of drug-likeness (QED) is 0.388. The molecule has 4 nitrogen and oxygen atoms in total. The molecule has 3 rings (SSSR count). The number of halogens is 3. The molecule has 0 aliphatic heterocycles. The molecule has 0 spiro atoms. The van der Waals surface area contributed by atoms with Gasteiger partial charge in [-0.1, -0.05) is 60.8 Å². The molecule has 0 saturated heterocycles. The molecule has 1 aromatic heterocycles. The molecule has 0 fully saturated rings. The molecule has 0 aliphatic carbocycles. The van der Waals surface area contributed by atoms with Gasteiger partial charge in [0.2, 0.25) is 0 Å². The van der Waals surface area contributed by atoms with Gasteiger partial charge in [-0.3, -0.25) is 0 Å². The van der Waals surface area contributed by atoms with Gasteiger partial charge in [-0.05, 0) is 57.0 Å². The standard InChI is InChI=1S/C22H22Cl3N3O.C2H6/c1-13-27-20(15-5-7-18(24)17(10-15)22(2,3)29)12-21(28-13)26-9-8-14-4-6-16(23)11-19(14)25;1-2/h4-7,10-12,29H,8-9H2,1-3H3,(H,26,27,28);1-2H3. The Labute approximate surface area is 199 Å². The molecule has 7 heteroatoms. The predicted molar refractivity (Wildman–Crippen MR) is 132 cm³/mol. The summed E-state index contributed by atoms with van der Waals surface area (Å²) < 4.78 is 0. The Kier molecular flexibility index (Phi) is 9.14. The first-order valence-corrected chi connectivity index (χ1v) is 11.3. The number of aliphatic hydroxyl groups is 1. The lowest BCUT2D eigenvalue weighted by Gasteiger charge is -2.20. The summed E-state index contributed by atoms with van der Waals surface area (Å²) in [7, 11) is 0. The van der Waals surface area contributed by atoms with Crippen LogP contribution < -0.4 is 5.32 Å². The van der Waals surface area contributed by atoms with Gasteiger partial charge in [-0.25, -0.2) is 9.97 Å². The van der Waals surface area contributed by atoms with E-state index >= 15 is 0 Å². The number of benzene rings is 2. The lowest BCUT2D eigenvalue weighted by Crippen LogP contribution is -2.16. The van der Waals surface area contributed by atoms with E-state index in [2.05, 4.69) is 15.3 Å². The molecule has 166 valence electrons. The first-order chi connectivity index (χ1) is 14.6. The van der Waals surface area contributed by atoms with E-state index in [1.54, 1.807) is 26.0 Å². The van der Waals surface area contributed by atoms with Crippen molar-refractivity contribution in [3.05, 3.63) is 74.5 Å². The van der Waals surface area contributed by atoms with E-state index in [4.69, 9.17) is 34.8 Å². The van der Waals surface area contributed by atoms with Crippen LogP contribution in [0.3, 0.4) is 0 Å². The summed E-state index contributed by atoms with van der Waals surface area (Å²) in [6, 6.07) is 12.9. The Morgan fingerprint density at radius 1 is 0.935 bits per heavy atom. The molecule has 0 bridgehead atoms. The maximum absolute atomic E-state index is 10.4. The number of anilines is 1. The van der Waals surface area contributed by atoms with E-state index in [-0.39, 0.29) is 0 Å². The van der Waals surface area contributed by atoms with Crippen LogP contribution >= 0.6 is 34.8 Å². The van der Waals surface area contributed by atoms with Gasteiger partial charge >= 0.3 is 0 Å². The van der Waals surface area contributed by atoms with Crippen molar-refractivity contribution < 1.29 is 5.11 Å². The van der Waals surface area contributed by atoms with E-state index in [9.17, 15) is 5.11 Å². The zero-order valence-corrected chi connectivity index (χ0v) is 20.7. The van der Waals surface area contributed by atoms with Crippen molar-refractivity contribution in [2.24, 2.45) is 0 Å². The first kappa shape index (κ1) is 25.4. The van der Waals surface area contributed by atoms with Gasteiger partial charge in [0.15, 0.2) is 0 Å². The minimum absolute atomic E-state index is 0.519. The highest BCUT2D eigenvalue weighted by molar-refractivity contribution is 6.35. The zero-order valence-electron chi connectivity index (χ0n) is 18.4. The monoisotopic (exact) mass is 479 g/mol. The summed E-state index contributed by atoms with van der Waals surface area (Å²) in [4.78, 5) is 9.00. The number of nitrogens with one attached hydrogen (secondary N) is 1. The van der Waals surface area contributed by atoms with Crippen molar-refractivity contribution in [3.8, 4) is 11.3 Å². The normalized spacial score (nSPS) is 11.0. The second kappa shape index (κ2) is 11.1. The fraction of sp³-hybridized carbons (Fsp3) is 0.333. The second-order valence-electron chi connectivity index (χ2n) is 7.35. The van der Waals surface area contributed by atoms with E-state index in [1.807, 2.05) is 51.1 Å². The summed E-state index contributed by atoms with van der Waals surface area (Å²) in [5.74, 6) is 1.37. The third-order valence-electron chi connectivity index (χ3n) is 4.47. The molecule has 31 heavy (non-hydrogen) atoms. The molecule has 0 unspecified atom stereocenters. The zero-order chi connectivity index (χ0) is 23.2. The van der Waals surface area contributed by atoms with Gasteiger partial charge in [0.05, 0.1) is 11.3 Å². The van der Waals surface area contributed by atoms with Crippen molar-refractivity contribution in [2.45, 2.75) is 46.6 Å². The van der Waals surface area contributed by atoms with Crippen molar-refractivity contribution >= 4 is 40.6 Å². The van der Waals surface area contributed by atoms with Gasteiger partial charge in [-0.2, -0.15) is 0 Å². The largest absolute Gasteiger partial charge is 0.386 e. The van der Waals surface area contributed by atoms with Crippen LogP contribution in [0, 0.1) is 6.92 Å². The molecule has 0 aliphatic rings. The number of aryl methyl sites for hydroxylation is 1. The average molecular weight is 481 g/mol. The van der Waals surface area contributed by atoms with Crippen LogP contribution in [0.5, 0.6) is 0 Å². The van der Waals surface area contributed by atoms with Crippen LogP contribution in [-0.2, 0) is 12.0 Å². The summed E-state index contributed by atoms with van der Waals surface area (Å²) in [6.45, 7) is 9.92. The Balaban J connectivity index is 0.00000166. The Hall–Kier alpha value is -1.85. The first-order valence-electron chi connectivity index (χ1n) is 10.2. The Bertz CT molecular complexity index is 1030. The highest BCUT2D eigenvalue weighted by Gasteiger charge is 2.20. The molecule has 0 amide bonds. The second-order valence-corrected chi connectivity index (χ2v) is 8.60. The van der Waals surface area contributed by atoms with E-state index < -0.39 is 5.60 Å². The van der Waals surface area contributed by atoms with Gasteiger partial charge in [-0.15, -0.1) is 0 Å². The van der Waals surface area contributed by atoms with E-state index in [0.29, 0.717) is 33.0 Å². The highest BCUT2D eigenvalue weighted by Crippen LogP contribution is 2.32. The topological polar surface area (TPSA) is 58.0 Å². The summed E-state index contributed by atoms with van der Waals surface area (Å²) in [5.41, 5.74) is 2.24. The maximum atomic E-state index is 10.4. The van der Waals surface area contributed by atoms with Crippen LogP contribution in [0.25, 0.3) is 11.3 Å². The third-order valence-corrected chi connectivity index (χ3v) is 5.39. The highest BCUT2D eigenvalue weighted by atomic mass is 35.5. The number of nitrogens with zero attached hydrogens (tertiary/aromatic N) is 2. The van der Waals surface area contributed by atoms with Gasteiger partial charge in [0.25, 0.3) is 0 Å². The molecule has 3 aromatic rings. The third kappa shape index (κ3) is 7.08. The fourth-order valence-corrected chi connectivity index (χ4v) is 3.86. The summed E-state index contributed by atoms with van der Waals surface area (Å²) in [6.07, 6.45) is 0.734. The molecular formula is C24H28Cl3N3O. The summed E-state index contributed by atoms with van der Waals surface area (Å²) in [5, 5.41) is 15.5. The molecule has 0 radical (unpaired) electrons. The number of hydrogen-bond acceptors (Lipinski definition) is 4. The van der Waals surface area contributed by atoms with Crippen molar-refractivity contribution in [1.29, 1.82) is 0 Å². The van der Waals surface area contributed by atoms with E-state index in [1.165, 1.54) is 0 Å². The number of aromatic nitrogens is 2. The molecular weight excluding hydrogens is 453 g/mol. The van der Waals surface area contributed by atoms with Crippen molar-refractivity contribution in [1.82, 2.24) is 9.97 Å². The molecule has 0 saturated carbocycles. The molecule has 2 aromatic carbocycles. The molecule has 0 atom stereocenters. The number of rotatable bonds is 6. The molecule has 1 heterocycles. The van der Waals surface area contributed by atoms with E-state index in [0.717, 1.165) is 29.1 Å². The van der Waals surface area contributed by atoms with Gasteiger partial charge < -0.3 is 10.4 Å². The smallest absolute Gasteiger partial charge is 0.130 e. The van der Waals surface area contributed by atoms with Gasteiger partial charge in [0, 0.05) is 38.8 Å². The lowest BCUT2D eigenvalue weighted by molar-refractivity contribution is 0.0787. The SMILES string of the molecule is CC.Cc1nc(NCCc2ccc(Cl)cc2Cl)cc(-c2ccc(Cl)c(C(C)(C)O)c2)n1. The van der Waals surface area contributed by atoms with Crippen LogP contribution in [0.1, 0.15) is 44.6 Å². The van der Waals surface area contributed by atoms with Crippen molar-refractivity contribution in [3.63, 3.8) is 0 Å². The summed E-state index contributed by atoms with van der Waals surface area (Å²) >= 11 is 18.4. The van der Waals surface area contributed by atoms with Crippen molar-refractivity contribution in [2.75, 3.05) is 11.9 Å². The maximum Gasteiger partial charge on any atom is 0.130 e. The minimum atomic E-state index is -1.05. The van der Waals surface area contributed by atoms with Crippen LogP contribution in [-0.4, -0.2) is 21.6 Å². The predicted octanol–water partition coefficient (Wildman–Crippen LogP) is 7.32. The van der Waals surface area contributed by atoms with Gasteiger partial charge in [0.1, 0.15) is 11.6 Å². The Morgan fingerprint density at radius 3 is 2.29 bits per heavy atom. The van der Waals surface area contributed by atoms with Crippen LogP contribution in [0.2, 0.25) is 15.1 Å². The fourth-order valence-electron chi connectivity index (χ4n) is 3.01.